The predicted octanol–water partition coefficient (Wildman–Crippen LogP) is 5.49. The molecule has 0 saturated heterocycles. The minimum Gasteiger partial charge on any atom is -0.481 e. The van der Waals surface area contributed by atoms with Gasteiger partial charge in [0.2, 0.25) is 0 Å². The van der Waals surface area contributed by atoms with Crippen LogP contribution in [-0.2, 0) is 29.0 Å². The van der Waals surface area contributed by atoms with E-state index in [4.69, 9.17) is 9.72 Å². The molecule has 34 heavy (non-hydrogen) atoms. The fourth-order valence-electron chi connectivity index (χ4n) is 6.61. The summed E-state index contributed by atoms with van der Waals surface area (Å²) in [6, 6.07) is 4.41. The molecule has 7 heteroatoms. The molecule has 1 aromatic carbocycles. The molecule has 3 aliphatic rings. The van der Waals surface area contributed by atoms with Gasteiger partial charge < -0.3 is 19.3 Å². The third-order valence-electron chi connectivity index (χ3n) is 8.51. The number of carboxylic acids is 1. The van der Waals surface area contributed by atoms with Gasteiger partial charge in [-0.1, -0.05) is 38.2 Å². The Hall–Kier alpha value is -2.57. The second kappa shape index (κ2) is 9.96. The number of amides is 1. The van der Waals surface area contributed by atoms with E-state index >= 15 is 0 Å². The SMILES string of the molecule is COC(=O)N1CCc2ccc3c(nc(C4CCCCC4)n3CC[C@@H]3CCCC[C@H]3C(=O)O)c2C1. The highest BCUT2D eigenvalue weighted by Crippen LogP contribution is 2.38. The van der Waals surface area contributed by atoms with Crippen LogP contribution in [0.15, 0.2) is 12.1 Å². The molecule has 0 unspecified atom stereocenters. The molecule has 1 N–H and O–H groups in total. The lowest BCUT2D eigenvalue weighted by Crippen LogP contribution is -2.35. The first-order chi connectivity index (χ1) is 16.6. The number of carboxylic acid groups (broad SMARTS) is 1. The average molecular weight is 468 g/mol. The van der Waals surface area contributed by atoms with Crippen molar-refractivity contribution in [2.75, 3.05) is 13.7 Å². The number of nitrogens with zero attached hydrogens (tertiary/aromatic N) is 3. The van der Waals surface area contributed by atoms with E-state index in [9.17, 15) is 14.7 Å². The van der Waals surface area contributed by atoms with Crippen molar-refractivity contribution in [2.45, 2.75) is 89.6 Å². The molecule has 2 atom stereocenters. The maximum atomic E-state index is 12.2. The van der Waals surface area contributed by atoms with Crippen molar-refractivity contribution in [3.05, 3.63) is 29.1 Å². The van der Waals surface area contributed by atoms with Crippen LogP contribution >= 0.6 is 0 Å². The van der Waals surface area contributed by atoms with E-state index < -0.39 is 5.97 Å². The van der Waals surface area contributed by atoms with Crippen LogP contribution in [0.4, 0.5) is 4.79 Å². The lowest BCUT2D eigenvalue weighted by atomic mass is 9.77. The third-order valence-corrected chi connectivity index (χ3v) is 8.51. The lowest BCUT2D eigenvalue weighted by molar-refractivity contribution is -0.145. The quantitative estimate of drug-likeness (QED) is 0.629. The summed E-state index contributed by atoms with van der Waals surface area (Å²) in [5.74, 6) is 1.00. The van der Waals surface area contributed by atoms with Crippen molar-refractivity contribution >= 4 is 23.1 Å². The van der Waals surface area contributed by atoms with E-state index in [1.165, 1.54) is 50.6 Å². The number of aryl methyl sites for hydroxylation is 1. The van der Waals surface area contributed by atoms with Gasteiger partial charge in [0.05, 0.1) is 30.6 Å². The van der Waals surface area contributed by atoms with Crippen molar-refractivity contribution in [1.29, 1.82) is 0 Å². The van der Waals surface area contributed by atoms with Crippen LogP contribution in [0, 0.1) is 11.8 Å². The number of hydrogen-bond donors (Lipinski definition) is 1. The Morgan fingerprint density at radius 3 is 2.62 bits per heavy atom. The molecule has 1 aromatic heterocycles. The molecule has 5 rings (SSSR count). The normalized spacial score (nSPS) is 23.6. The van der Waals surface area contributed by atoms with Gasteiger partial charge in [-0.15, -0.1) is 0 Å². The Morgan fingerprint density at radius 1 is 1.09 bits per heavy atom. The zero-order chi connectivity index (χ0) is 23.7. The van der Waals surface area contributed by atoms with E-state index in [-0.39, 0.29) is 17.9 Å². The number of benzene rings is 1. The van der Waals surface area contributed by atoms with Crippen LogP contribution in [0.25, 0.3) is 11.0 Å². The summed E-state index contributed by atoms with van der Waals surface area (Å²) in [6.45, 7) is 2.01. The van der Waals surface area contributed by atoms with E-state index in [1.54, 1.807) is 4.90 Å². The number of rotatable bonds is 5. The fourth-order valence-corrected chi connectivity index (χ4v) is 6.61. The molecule has 184 valence electrons. The number of imidazole rings is 1. The van der Waals surface area contributed by atoms with Gasteiger partial charge >= 0.3 is 12.1 Å². The summed E-state index contributed by atoms with van der Waals surface area (Å²) in [4.78, 5) is 31.1. The van der Waals surface area contributed by atoms with Crippen LogP contribution in [0.5, 0.6) is 0 Å². The van der Waals surface area contributed by atoms with Gasteiger partial charge in [-0.05, 0) is 56.1 Å². The lowest BCUT2D eigenvalue weighted by Gasteiger charge is -2.29. The first-order valence-electron chi connectivity index (χ1n) is 13.1. The number of methoxy groups -OCH3 is 1. The smallest absolute Gasteiger partial charge is 0.409 e. The molecular formula is C27H37N3O4. The van der Waals surface area contributed by atoms with Crippen molar-refractivity contribution in [3.63, 3.8) is 0 Å². The summed E-state index contributed by atoms with van der Waals surface area (Å²) in [5, 5.41) is 9.76. The number of hydrogen-bond acceptors (Lipinski definition) is 4. The Labute approximate surface area is 201 Å². The van der Waals surface area contributed by atoms with Gasteiger partial charge in [0.15, 0.2) is 0 Å². The topological polar surface area (TPSA) is 84.7 Å². The van der Waals surface area contributed by atoms with Gasteiger partial charge in [-0.2, -0.15) is 0 Å². The zero-order valence-corrected chi connectivity index (χ0v) is 20.3. The molecule has 0 bridgehead atoms. The second-order valence-electron chi connectivity index (χ2n) is 10.4. The van der Waals surface area contributed by atoms with Crippen molar-refractivity contribution < 1.29 is 19.4 Å². The molecule has 0 spiro atoms. The van der Waals surface area contributed by atoms with Gasteiger partial charge in [0.1, 0.15) is 5.82 Å². The van der Waals surface area contributed by atoms with Crippen LogP contribution < -0.4 is 0 Å². The maximum Gasteiger partial charge on any atom is 0.409 e. The zero-order valence-electron chi connectivity index (χ0n) is 20.3. The Kier molecular flexibility index (Phi) is 6.79. The average Bonchev–Trinajstić information content (AvgIpc) is 3.26. The summed E-state index contributed by atoms with van der Waals surface area (Å²) >= 11 is 0. The molecule has 0 radical (unpaired) electrons. The van der Waals surface area contributed by atoms with E-state index in [0.29, 0.717) is 19.0 Å². The van der Waals surface area contributed by atoms with Gasteiger partial charge in [0.25, 0.3) is 0 Å². The number of aromatic nitrogens is 2. The van der Waals surface area contributed by atoms with Gasteiger partial charge in [-0.3, -0.25) is 4.79 Å². The highest BCUT2D eigenvalue weighted by atomic mass is 16.5. The largest absolute Gasteiger partial charge is 0.481 e. The van der Waals surface area contributed by atoms with E-state index in [2.05, 4.69) is 16.7 Å². The van der Waals surface area contributed by atoms with E-state index in [1.807, 2.05) is 0 Å². The number of fused-ring (bicyclic) bond motifs is 3. The third kappa shape index (κ3) is 4.41. The molecule has 7 nitrogen and oxygen atoms in total. The monoisotopic (exact) mass is 467 g/mol. The Bertz CT molecular complexity index is 1060. The van der Waals surface area contributed by atoms with Crippen LogP contribution in [-0.4, -0.2) is 45.3 Å². The molecule has 2 fully saturated rings. The molecular weight excluding hydrogens is 430 g/mol. The summed E-state index contributed by atoms with van der Waals surface area (Å²) in [7, 11) is 1.43. The summed E-state index contributed by atoms with van der Waals surface area (Å²) in [5.41, 5.74) is 4.57. The molecule has 2 aromatic rings. The molecule has 2 saturated carbocycles. The first kappa shape index (κ1) is 23.2. The van der Waals surface area contributed by atoms with E-state index in [0.717, 1.165) is 61.7 Å². The van der Waals surface area contributed by atoms with Crippen molar-refractivity contribution in [1.82, 2.24) is 14.5 Å². The second-order valence-corrected chi connectivity index (χ2v) is 10.4. The maximum absolute atomic E-state index is 12.2. The van der Waals surface area contributed by atoms with Crippen LogP contribution in [0.2, 0.25) is 0 Å². The van der Waals surface area contributed by atoms with Crippen LogP contribution in [0.1, 0.15) is 87.1 Å². The number of ether oxygens (including phenoxy) is 1. The Morgan fingerprint density at radius 2 is 1.85 bits per heavy atom. The number of aliphatic carboxylic acids is 1. The summed E-state index contributed by atoms with van der Waals surface area (Å²) in [6.07, 6.45) is 11.5. The molecule has 1 aliphatic heterocycles. The van der Waals surface area contributed by atoms with Crippen LogP contribution in [0.3, 0.4) is 0 Å². The minimum absolute atomic E-state index is 0.219. The molecule has 2 heterocycles. The number of carbonyl (C=O) groups excluding carboxylic acids is 1. The highest BCUT2D eigenvalue weighted by Gasteiger charge is 2.32. The van der Waals surface area contributed by atoms with Gasteiger partial charge in [-0.25, -0.2) is 9.78 Å². The minimum atomic E-state index is -0.635. The standard InChI is InChI=1S/C27H37N3O4/c1-34-27(33)29-15-13-19-11-12-23-24(22(19)17-29)28-25(20-8-3-2-4-9-20)30(23)16-14-18-7-5-6-10-21(18)26(31)32/h11-12,18,20-21H,2-10,13-17H2,1H3,(H,31,32)/t18-,21+/m0/s1. The van der Waals surface area contributed by atoms with Crippen molar-refractivity contribution in [3.8, 4) is 0 Å². The van der Waals surface area contributed by atoms with Crippen molar-refractivity contribution in [2.24, 2.45) is 11.8 Å². The predicted molar refractivity (Wildman–Crippen MR) is 130 cm³/mol. The number of carbonyl (C=O) groups is 2. The fraction of sp³-hybridized carbons (Fsp3) is 0.667. The van der Waals surface area contributed by atoms with Gasteiger partial charge in [0, 0.05) is 24.6 Å². The Balaban J connectivity index is 1.50. The first-order valence-corrected chi connectivity index (χ1v) is 13.1. The molecule has 1 amide bonds. The highest BCUT2D eigenvalue weighted by molar-refractivity contribution is 5.82. The molecule has 2 aliphatic carbocycles. The summed E-state index contributed by atoms with van der Waals surface area (Å²) < 4.78 is 7.39.